The lowest BCUT2D eigenvalue weighted by atomic mass is 10.3. The minimum atomic E-state index is 0.814. The molecule has 0 spiro atoms. The first-order chi connectivity index (χ1) is 8.84. The maximum atomic E-state index is 5.37. The summed E-state index contributed by atoms with van der Waals surface area (Å²) in [5.41, 5.74) is 1.14. The maximum Gasteiger partial charge on any atom is 0.127 e. The second-order valence-corrected chi connectivity index (χ2v) is 5.29. The second kappa shape index (κ2) is 5.28. The molecule has 1 fully saturated rings. The summed E-state index contributed by atoms with van der Waals surface area (Å²) in [4.78, 5) is 2.33. The summed E-state index contributed by atoms with van der Waals surface area (Å²) >= 11 is 3.58. The molecule has 4 nitrogen and oxygen atoms in total. The van der Waals surface area contributed by atoms with E-state index in [1.54, 1.807) is 0 Å². The number of benzene rings is 1. The molecule has 0 N–H and O–H groups in total. The fourth-order valence-corrected chi connectivity index (χ4v) is 2.81. The Hall–Kier alpha value is -1.07. The lowest BCUT2D eigenvalue weighted by Gasteiger charge is -2.27. The van der Waals surface area contributed by atoms with Crippen LogP contribution in [0.15, 0.2) is 33.8 Å². The zero-order valence-corrected chi connectivity index (χ0v) is 11.8. The Balaban J connectivity index is 1.77. The molecule has 0 radical (unpaired) electrons. The quantitative estimate of drug-likeness (QED) is 0.797. The zero-order chi connectivity index (χ0) is 12.4. The monoisotopic (exact) mass is 309 g/mol. The van der Waals surface area contributed by atoms with Crippen molar-refractivity contribution in [2.45, 2.75) is 6.42 Å². The Morgan fingerprint density at radius 3 is 2.67 bits per heavy atom. The van der Waals surface area contributed by atoms with Gasteiger partial charge < -0.3 is 9.64 Å². The highest BCUT2D eigenvalue weighted by atomic mass is 79.9. The van der Waals surface area contributed by atoms with E-state index in [-0.39, 0.29) is 0 Å². The second-order valence-electron chi connectivity index (χ2n) is 4.44. The van der Waals surface area contributed by atoms with Crippen LogP contribution in [0.1, 0.15) is 6.42 Å². The van der Waals surface area contributed by atoms with Crippen LogP contribution in [0.2, 0.25) is 0 Å². The molecule has 2 heterocycles. The van der Waals surface area contributed by atoms with Crippen LogP contribution in [0.3, 0.4) is 0 Å². The van der Waals surface area contributed by atoms with Crippen LogP contribution in [-0.2, 0) is 4.74 Å². The van der Waals surface area contributed by atoms with Crippen molar-refractivity contribution in [1.82, 2.24) is 4.90 Å². The van der Waals surface area contributed by atoms with Crippen molar-refractivity contribution in [3.63, 3.8) is 0 Å². The zero-order valence-electron chi connectivity index (χ0n) is 10.2. The summed E-state index contributed by atoms with van der Waals surface area (Å²) in [5.74, 6) is 1.19. The first kappa shape index (κ1) is 12.0. The third-order valence-corrected chi connectivity index (χ3v) is 3.96. The van der Waals surface area contributed by atoms with E-state index in [1.807, 2.05) is 12.1 Å². The van der Waals surface area contributed by atoms with Gasteiger partial charge in [-0.1, -0.05) is 12.1 Å². The SMILES string of the molecule is Brc1ccccc1N1CCC(N2CCOCC2)=N1. The minimum Gasteiger partial charge on any atom is -0.378 e. The predicted molar refractivity (Wildman–Crippen MR) is 75.9 cm³/mol. The molecule has 18 heavy (non-hydrogen) atoms. The number of hydrazone groups is 1. The smallest absolute Gasteiger partial charge is 0.127 e. The highest BCUT2D eigenvalue weighted by Gasteiger charge is 2.23. The summed E-state index contributed by atoms with van der Waals surface area (Å²) in [5, 5.41) is 6.81. The van der Waals surface area contributed by atoms with E-state index in [4.69, 9.17) is 9.84 Å². The molecule has 0 aromatic heterocycles. The van der Waals surface area contributed by atoms with Crippen LogP contribution in [0.4, 0.5) is 5.69 Å². The van der Waals surface area contributed by atoms with Gasteiger partial charge in [-0.2, -0.15) is 5.10 Å². The van der Waals surface area contributed by atoms with Crippen LogP contribution in [-0.4, -0.2) is 43.6 Å². The summed E-state index contributed by atoms with van der Waals surface area (Å²) in [6.07, 6.45) is 1.02. The van der Waals surface area contributed by atoms with Gasteiger partial charge in [0, 0.05) is 30.5 Å². The van der Waals surface area contributed by atoms with E-state index in [2.05, 4.69) is 38.0 Å². The van der Waals surface area contributed by atoms with Crippen LogP contribution >= 0.6 is 15.9 Å². The van der Waals surface area contributed by atoms with Crippen LogP contribution < -0.4 is 5.01 Å². The minimum absolute atomic E-state index is 0.814. The Bertz CT molecular complexity index is 457. The van der Waals surface area contributed by atoms with E-state index in [9.17, 15) is 0 Å². The lowest BCUT2D eigenvalue weighted by Crippen LogP contribution is -2.40. The molecule has 5 heteroatoms. The number of morpholine rings is 1. The molecule has 0 amide bonds. The van der Waals surface area contributed by atoms with Crippen molar-refractivity contribution < 1.29 is 4.74 Å². The molecular formula is C13H16BrN3O. The molecule has 0 bridgehead atoms. The standard InChI is InChI=1S/C13H16BrN3O/c14-11-3-1-2-4-12(11)17-6-5-13(15-17)16-7-9-18-10-8-16/h1-4H,5-10H2. The first-order valence-electron chi connectivity index (χ1n) is 6.27. The Morgan fingerprint density at radius 1 is 1.11 bits per heavy atom. The number of nitrogens with zero attached hydrogens (tertiary/aromatic N) is 3. The van der Waals surface area contributed by atoms with Gasteiger partial charge in [0.1, 0.15) is 5.84 Å². The predicted octanol–water partition coefficient (Wildman–Crippen LogP) is 2.30. The van der Waals surface area contributed by atoms with Gasteiger partial charge in [-0.15, -0.1) is 0 Å². The van der Waals surface area contributed by atoms with Gasteiger partial charge in [-0.3, -0.25) is 5.01 Å². The number of hydrogen-bond donors (Lipinski definition) is 0. The number of anilines is 1. The third-order valence-electron chi connectivity index (χ3n) is 3.29. The van der Waals surface area contributed by atoms with Gasteiger partial charge in [0.15, 0.2) is 0 Å². The van der Waals surface area contributed by atoms with Gasteiger partial charge >= 0.3 is 0 Å². The highest BCUT2D eigenvalue weighted by Crippen LogP contribution is 2.28. The average molecular weight is 310 g/mol. The summed E-state index contributed by atoms with van der Waals surface area (Å²) < 4.78 is 6.47. The Kier molecular flexibility index (Phi) is 3.52. The van der Waals surface area contributed by atoms with Gasteiger partial charge in [0.05, 0.1) is 18.9 Å². The van der Waals surface area contributed by atoms with E-state index in [1.165, 1.54) is 5.84 Å². The van der Waals surface area contributed by atoms with Gasteiger partial charge in [0.25, 0.3) is 0 Å². The Morgan fingerprint density at radius 2 is 1.89 bits per heavy atom. The molecule has 1 aromatic carbocycles. The molecule has 3 rings (SSSR count). The molecular weight excluding hydrogens is 294 g/mol. The van der Waals surface area contributed by atoms with E-state index in [0.29, 0.717) is 0 Å². The first-order valence-corrected chi connectivity index (χ1v) is 7.06. The maximum absolute atomic E-state index is 5.37. The molecule has 0 atom stereocenters. The third kappa shape index (κ3) is 2.37. The molecule has 2 aliphatic heterocycles. The van der Waals surface area contributed by atoms with E-state index >= 15 is 0 Å². The molecule has 0 saturated carbocycles. The van der Waals surface area contributed by atoms with Crippen molar-refractivity contribution in [3.8, 4) is 0 Å². The topological polar surface area (TPSA) is 28.1 Å². The van der Waals surface area contributed by atoms with Crippen LogP contribution in [0, 0.1) is 0 Å². The van der Waals surface area contributed by atoms with Gasteiger partial charge in [-0.05, 0) is 28.1 Å². The summed E-state index contributed by atoms with van der Waals surface area (Å²) in [6, 6.07) is 8.21. The van der Waals surface area contributed by atoms with Crippen molar-refractivity contribution in [3.05, 3.63) is 28.7 Å². The fraction of sp³-hybridized carbons (Fsp3) is 0.462. The number of ether oxygens (including phenoxy) is 1. The van der Waals surface area contributed by atoms with Crippen LogP contribution in [0.5, 0.6) is 0 Å². The number of rotatable bonds is 1. The highest BCUT2D eigenvalue weighted by molar-refractivity contribution is 9.10. The van der Waals surface area contributed by atoms with Crippen molar-refractivity contribution in [2.75, 3.05) is 37.9 Å². The molecule has 0 unspecified atom stereocenters. The van der Waals surface area contributed by atoms with Gasteiger partial charge in [0.2, 0.25) is 0 Å². The van der Waals surface area contributed by atoms with Crippen molar-refractivity contribution in [1.29, 1.82) is 0 Å². The largest absolute Gasteiger partial charge is 0.378 e. The van der Waals surface area contributed by atoms with Gasteiger partial charge in [-0.25, -0.2) is 0 Å². The molecule has 96 valence electrons. The van der Waals surface area contributed by atoms with Crippen molar-refractivity contribution >= 4 is 27.5 Å². The average Bonchev–Trinajstić information content (AvgIpc) is 2.90. The number of hydrogen-bond acceptors (Lipinski definition) is 4. The van der Waals surface area contributed by atoms with E-state index in [0.717, 1.165) is 49.4 Å². The van der Waals surface area contributed by atoms with Crippen LogP contribution in [0.25, 0.3) is 0 Å². The Labute approximate surface area is 115 Å². The van der Waals surface area contributed by atoms with E-state index < -0.39 is 0 Å². The summed E-state index contributed by atoms with van der Waals surface area (Å²) in [6.45, 7) is 4.50. The lowest BCUT2D eigenvalue weighted by molar-refractivity contribution is 0.0675. The number of para-hydroxylation sites is 1. The van der Waals surface area contributed by atoms with Crippen molar-refractivity contribution in [2.24, 2.45) is 5.10 Å². The molecule has 1 saturated heterocycles. The number of amidine groups is 1. The molecule has 2 aliphatic rings. The fourth-order valence-electron chi connectivity index (χ4n) is 2.32. The molecule has 1 aromatic rings. The number of halogens is 1. The summed E-state index contributed by atoms with van der Waals surface area (Å²) in [7, 11) is 0. The normalized spacial score (nSPS) is 20.2. The molecule has 0 aliphatic carbocycles.